The van der Waals surface area contributed by atoms with Gasteiger partial charge in [-0.2, -0.15) is 0 Å². The Balaban J connectivity index is 4.18. The Labute approximate surface area is 404 Å². The molecule has 0 aliphatic carbocycles. The molecule has 3 atom stereocenters. The summed E-state index contributed by atoms with van der Waals surface area (Å²) < 4.78 is 23.7. The minimum atomic E-state index is -4.34. The van der Waals surface area contributed by atoms with Gasteiger partial charge in [0, 0.05) is 6.42 Å². The van der Waals surface area contributed by atoms with Gasteiger partial charge < -0.3 is 19.8 Å². The van der Waals surface area contributed by atoms with E-state index < -0.39 is 20.0 Å². The minimum Gasteiger partial charge on any atom is -0.387 e. The SMILES string of the molecule is CCCCCCCCCCCCCC/C=C\CCCCCCCCCCCCC(=O)NC(COP(=O)(O)OCC[N+](C)(C)C)C(O)/C=C/CCCCCCCCCCCCCCCCC. The van der Waals surface area contributed by atoms with Crippen molar-refractivity contribution in [1.82, 2.24) is 5.32 Å². The summed E-state index contributed by atoms with van der Waals surface area (Å²) in [6, 6.07) is -0.845. The Bertz CT molecular complexity index is 1110. The van der Waals surface area contributed by atoms with Crippen molar-refractivity contribution in [1.29, 1.82) is 0 Å². The van der Waals surface area contributed by atoms with E-state index in [9.17, 15) is 19.4 Å². The van der Waals surface area contributed by atoms with Crippen molar-refractivity contribution in [3.8, 4) is 0 Å². The number of amides is 1. The van der Waals surface area contributed by atoms with Gasteiger partial charge in [-0.1, -0.05) is 250 Å². The number of rotatable bonds is 52. The molecule has 0 spiro atoms. The number of carbonyl (C=O) groups excluding carboxylic acids is 1. The van der Waals surface area contributed by atoms with Gasteiger partial charge in [-0.05, 0) is 44.9 Å². The largest absolute Gasteiger partial charge is 0.472 e. The van der Waals surface area contributed by atoms with E-state index in [0.29, 0.717) is 17.4 Å². The lowest BCUT2D eigenvalue weighted by Crippen LogP contribution is -2.45. The molecule has 0 aliphatic heterocycles. The lowest BCUT2D eigenvalue weighted by molar-refractivity contribution is -0.870. The zero-order valence-corrected chi connectivity index (χ0v) is 44.9. The first kappa shape index (κ1) is 64.0. The van der Waals surface area contributed by atoms with Crippen LogP contribution < -0.4 is 5.32 Å². The predicted octanol–water partition coefficient (Wildman–Crippen LogP) is 16.8. The van der Waals surface area contributed by atoms with E-state index in [-0.39, 0.29) is 19.1 Å². The second-order valence-electron chi connectivity index (χ2n) is 20.7. The lowest BCUT2D eigenvalue weighted by Gasteiger charge is -2.25. The highest BCUT2D eigenvalue weighted by Crippen LogP contribution is 2.43. The topological polar surface area (TPSA) is 105 Å². The Morgan fingerprint density at radius 3 is 1.18 bits per heavy atom. The maximum Gasteiger partial charge on any atom is 0.472 e. The number of hydrogen-bond acceptors (Lipinski definition) is 5. The first-order valence-corrected chi connectivity index (χ1v) is 29.7. The molecule has 65 heavy (non-hydrogen) atoms. The summed E-state index contributed by atoms with van der Waals surface area (Å²) in [6.45, 7) is 4.85. The number of aliphatic hydroxyl groups is 1. The van der Waals surface area contributed by atoms with Gasteiger partial charge in [0.05, 0.1) is 39.9 Å². The number of nitrogens with one attached hydrogen (secondary N) is 1. The Kier molecular flexibility index (Phi) is 47.3. The maximum atomic E-state index is 13.0. The molecule has 0 saturated carbocycles. The van der Waals surface area contributed by atoms with E-state index >= 15 is 0 Å². The van der Waals surface area contributed by atoms with Gasteiger partial charge >= 0.3 is 7.82 Å². The van der Waals surface area contributed by atoms with E-state index in [4.69, 9.17) is 9.05 Å². The van der Waals surface area contributed by atoms with Gasteiger partial charge in [-0.15, -0.1) is 0 Å². The monoisotopic (exact) mass is 940 g/mol. The van der Waals surface area contributed by atoms with Crippen LogP contribution in [0.4, 0.5) is 0 Å². The molecule has 386 valence electrons. The number of aliphatic hydroxyl groups excluding tert-OH is 1. The fourth-order valence-electron chi connectivity index (χ4n) is 8.45. The molecule has 0 heterocycles. The summed E-state index contributed by atoms with van der Waals surface area (Å²) in [7, 11) is 1.58. The third-order valence-corrected chi connectivity index (χ3v) is 13.9. The number of carbonyl (C=O) groups is 1. The molecular weight excluding hydrogens is 828 g/mol. The number of phosphoric ester groups is 1. The van der Waals surface area contributed by atoms with Crippen molar-refractivity contribution in [3.05, 3.63) is 24.3 Å². The van der Waals surface area contributed by atoms with Crippen molar-refractivity contribution in [3.63, 3.8) is 0 Å². The van der Waals surface area contributed by atoms with Crippen LogP contribution >= 0.6 is 7.82 Å². The van der Waals surface area contributed by atoms with Crippen LogP contribution in [0.2, 0.25) is 0 Å². The molecule has 0 aliphatic rings. The number of allylic oxidation sites excluding steroid dienone is 3. The molecule has 0 fully saturated rings. The molecule has 3 N–H and O–H groups in total. The molecule has 3 unspecified atom stereocenters. The van der Waals surface area contributed by atoms with Crippen molar-refractivity contribution < 1.29 is 32.9 Å². The summed E-state index contributed by atoms with van der Waals surface area (Å²) in [6.07, 6.45) is 59.8. The van der Waals surface area contributed by atoms with Gasteiger partial charge in [0.15, 0.2) is 0 Å². The van der Waals surface area contributed by atoms with Gasteiger partial charge in [-0.3, -0.25) is 13.8 Å². The molecule has 8 nitrogen and oxygen atoms in total. The Morgan fingerprint density at radius 2 is 0.831 bits per heavy atom. The summed E-state index contributed by atoms with van der Waals surface area (Å²) >= 11 is 0. The van der Waals surface area contributed by atoms with E-state index in [1.54, 1.807) is 6.08 Å². The second-order valence-corrected chi connectivity index (χ2v) is 22.1. The molecule has 0 aromatic carbocycles. The fourth-order valence-corrected chi connectivity index (χ4v) is 9.19. The van der Waals surface area contributed by atoms with E-state index in [1.165, 1.54) is 218 Å². The van der Waals surface area contributed by atoms with Crippen LogP contribution in [0.3, 0.4) is 0 Å². The van der Waals surface area contributed by atoms with Gasteiger partial charge in [0.1, 0.15) is 13.2 Å². The summed E-state index contributed by atoms with van der Waals surface area (Å²) in [5, 5.41) is 13.9. The first-order chi connectivity index (χ1) is 31.5. The van der Waals surface area contributed by atoms with Gasteiger partial charge in [0.25, 0.3) is 0 Å². The van der Waals surface area contributed by atoms with Crippen LogP contribution in [-0.2, 0) is 18.4 Å². The average Bonchev–Trinajstić information content (AvgIpc) is 3.26. The van der Waals surface area contributed by atoms with Crippen LogP contribution in [0.25, 0.3) is 0 Å². The minimum absolute atomic E-state index is 0.0629. The third-order valence-electron chi connectivity index (χ3n) is 12.9. The number of hydrogen-bond donors (Lipinski definition) is 3. The Morgan fingerprint density at radius 1 is 0.508 bits per heavy atom. The zero-order valence-electron chi connectivity index (χ0n) is 44.0. The molecule has 1 amide bonds. The van der Waals surface area contributed by atoms with Crippen molar-refractivity contribution >= 4 is 13.7 Å². The lowest BCUT2D eigenvalue weighted by atomic mass is 10.0. The van der Waals surface area contributed by atoms with Crippen LogP contribution in [0.5, 0.6) is 0 Å². The van der Waals surface area contributed by atoms with Gasteiger partial charge in [-0.25, -0.2) is 4.57 Å². The highest BCUT2D eigenvalue weighted by Gasteiger charge is 2.27. The van der Waals surface area contributed by atoms with Crippen LogP contribution in [0.15, 0.2) is 24.3 Å². The standard InChI is InChI=1S/C56H111N2O6P/c1-6-8-10-12-14-16-18-20-22-24-25-26-27-28-29-30-31-32-34-36-38-40-42-44-46-48-50-56(60)57-54(53-64-65(61,62)63-52-51-58(3,4)5)55(59)49-47-45-43-41-39-37-35-33-23-21-19-17-15-13-11-9-7-2/h28-29,47,49,54-55,59H,6-27,30-46,48,50-53H2,1-5H3,(H-,57,60,61,62)/p+1/b29-28-,49-47+. The number of nitrogens with zero attached hydrogens (tertiary/aromatic N) is 1. The molecule has 0 bridgehead atoms. The second kappa shape index (κ2) is 48.0. The zero-order chi connectivity index (χ0) is 47.8. The van der Waals surface area contributed by atoms with E-state index in [1.807, 2.05) is 27.2 Å². The van der Waals surface area contributed by atoms with Crippen LogP contribution in [-0.4, -0.2) is 73.4 Å². The summed E-state index contributed by atoms with van der Waals surface area (Å²) in [5.74, 6) is -0.175. The number of phosphoric acid groups is 1. The molecular formula is C56H112N2O6P+. The fraction of sp³-hybridized carbons (Fsp3) is 0.911. The van der Waals surface area contributed by atoms with Crippen molar-refractivity contribution in [2.45, 2.75) is 289 Å². The highest BCUT2D eigenvalue weighted by atomic mass is 31.2. The molecule has 0 rings (SSSR count). The normalized spacial score (nSPS) is 14.1. The molecule has 9 heteroatoms. The number of likely N-dealkylation sites (N-methyl/N-ethyl adjacent to an activating group) is 1. The summed E-state index contributed by atoms with van der Waals surface area (Å²) in [5.41, 5.74) is 0. The third kappa shape index (κ3) is 50.7. The Hall–Kier alpha value is -1.02. The molecule has 0 saturated heterocycles. The van der Waals surface area contributed by atoms with Crippen LogP contribution in [0, 0.1) is 0 Å². The predicted molar refractivity (Wildman–Crippen MR) is 281 cm³/mol. The van der Waals surface area contributed by atoms with Gasteiger partial charge in [0.2, 0.25) is 5.91 Å². The molecule has 0 radical (unpaired) electrons. The summed E-state index contributed by atoms with van der Waals surface area (Å²) in [4.78, 5) is 23.3. The smallest absolute Gasteiger partial charge is 0.387 e. The number of quaternary nitrogens is 1. The van der Waals surface area contributed by atoms with Crippen LogP contribution in [0.1, 0.15) is 277 Å². The highest BCUT2D eigenvalue weighted by molar-refractivity contribution is 7.47. The maximum absolute atomic E-state index is 13.0. The first-order valence-electron chi connectivity index (χ1n) is 28.2. The quantitative estimate of drug-likeness (QED) is 0.0243. The average molecular weight is 940 g/mol. The van der Waals surface area contributed by atoms with Crippen molar-refractivity contribution in [2.75, 3.05) is 40.9 Å². The van der Waals surface area contributed by atoms with Crippen molar-refractivity contribution in [2.24, 2.45) is 0 Å². The molecule has 0 aromatic rings. The molecule has 0 aromatic heterocycles. The van der Waals surface area contributed by atoms with E-state index in [2.05, 4.69) is 31.3 Å². The number of unbranched alkanes of at least 4 members (excludes halogenated alkanes) is 37. The van der Waals surface area contributed by atoms with E-state index in [0.717, 1.165) is 38.5 Å².